The zero-order valence-electron chi connectivity index (χ0n) is 17.7. The molecule has 0 bridgehead atoms. The minimum Gasteiger partial charge on any atom is -0.382 e. The number of benzene rings is 2. The van der Waals surface area contributed by atoms with E-state index < -0.39 is 23.3 Å². The number of halogens is 3. The van der Waals surface area contributed by atoms with Gasteiger partial charge in [-0.15, -0.1) is 0 Å². The average Bonchev–Trinajstić information content (AvgIpc) is 2.75. The first kappa shape index (κ1) is 22.0. The topological polar surface area (TPSA) is 70.9 Å². The Morgan fingerprint density at radius 1 is 0.969 bits per heavy atom. The molecule has 0 radical (unpaired) electrons. The van der Waals surface area contributed by atoms with Crippen molar-refractivity contribution in [1.29, 1.82) is 0 Å². The summed E-state index contributed by atoms with van der Waals surface area (Å²) in [6.45, 7) is 5.01. The number of aromatic nitrogens is 3. The van der Waals surface area contributed by atoms with E-state index >= 15 is 0 Å². The highest BCUT2D eigenvalue weighted by Gasteiger charge is 2.20. The highest BCUT2D eigenvalue weighted by molar-refractivity contribution is 6.34. The van der Waals surface area contributed by atoms with Gasteiger partial charge in [0, 0.05) is 41.2 Å². The highest BCUT2D eigenvalue weighted by atomic mass is 35.5. The lowest BCUT2D eigenvalue weighted by Crippen LogP contribution is -2.19. The molecule has 5 nitrogen and oxygen atoms in total. The average molecular weight is 455 g/mol. The molecule has 0 amide bonds. The fourth-order valence-corrected chi connectivity index (χ4v) is 3.64. The fraction of sp³-hybridized carbons (Fsp3) is 0.208. The van der Waals surface area contributed by atoms with Crippen LogP contribution in [0.3, 0.4) is 0 Å². The Bertz CT molecular complexity index is 1290. The molecule has 2 aromatic carbocycles. The minimum absolute atomic E-state index is 0.319. The Labute approximate surface area is 189 Å². The van der Waals surface area contributed by atoms with Gasteiger partial charge < -0.3 is 10.4 Å². The summed E-state index contributed by atoms with van der Waals surface area (Å²) in [6, 6.07) is 8.64. The van der Waals surface area contributed by atoms with Crippen LogP contribution in [0.1, 0.15) is 38.2 Å². The zero-order valence-corrected chi connectivity index (χ0v) is 18.5. The molecule has 0 spiro atoms. The third-order valence-electron chi connectivity index (χ3n) is 5.14. The lowest BCUT2D eigenvalue weighted by Gasteiger charge is -2.19. The van der Waals surface area contributed by atoms with Crippen LogP contribution in [0.5, 0.6) is 0 Å². The number of nitrogens with zero attached hydrogens (tertiary/aromatic N) is 3. The third-order valence-corrected chi connectivity index (χ3v) is 5.43. The maximum absolute atomic E-state index is 14.3. The van der Waals surface area contributed by atoms with Crippen LogP contribution >= 0.6 is 11.6 Å². The van der Waals surface area contributed by atoms with Gasteiger partial charge in [-0.3, -0.25) is 4.98 Å². The number of fused-ring (bicyclic) bond motifs is 1. The van der Waals surface area contributed by atoms with Gasteiger partial charge in [0.25, 0.3) is 0 Å². The van der Waals surface area contributed by atoms with Crippen molar-refractivity contribution in [2.45, 2.75) is 32.4 Å². The lowest BCUT2D eigenvalue weighted by molar-refractivity contribution is 0.0687. The van der Waals surface area contributed by atoms with Crippen molar-refractivity contribution in [1.82, 2.24) is 15.0 Å². The molecular formula is C24H21ClF2N4O. The molecule has 32 heavy (non-hydrogen) atoms. The maximum Gasteiger partial charge on any atom is 0.159 e. The largest absolute Gasteiger partial charge is 0.382 e. The number of rotatable bonds is 5. The number of anilines is 1. The monoisotopic (exact) mass is 454 g/mol. The predicted octanol–water partition coefficient (Wildman–Crippen LogP) is 6.02. The molecule has 0 aliphatic heterocycles. The second-order valence-electron chi connectivity index (χ2n) is 8.10. The van der Waals surface area contributed by atoms with Gasteiger partial charge in [-0.25, -0.2) is 18.7 Å². The Hall–Kier alpha value is -3.16. The number of hydrogen-bond acceptors (Lipinski definition) is 5. The van der Waals surface area contributed by atoms with Crippen molar-refractivity contribution in [3.63, 3.8) is 0 Å². The summed E-state index contributed by atoms with van der Waals surface area (Å²) in [5, 5.41) is 14.4. The van der Waals surface area contributed by atoms with E-state index in [2.05, 4.69) is 20.3 Å². The van der Waals surface area contributed by atoms with Crippen molar-refractivity contribution in [3.05, 3.63) is 83.0 Å². The van der Waals surface area contributed by atoms with Crippen LogP contribution in [-0.2, 0) is 5.60 Å². The Kier molecular flexibility index (Phi) is 5.79. The van der Waals surface area contributed by atoms with Crippen LogP contribution in [0, 0.1) is 11.6 Å². The number of aliphatic hydroxyl groups is 1. The first-order valence-corrected chi connectivity index (χ1v) is 10.4. The number of hydrogen-bond donors (Lipinski definition) is 2. The Balaban J connectivity index is 1.74. The summed E-state index contributed by atoms with van der Waals surface area (Å²) in [5.41, 5.74) is 2.04. The van der Waals surface area contributed by atoms with Crippen molar-refractivity contribution < 1.29 is 13.9 Å². The number of nitrogens with one attached hydrogen (secondary N) is 1. The predicted molar refractivity (Wildman–Crippen MR) is 121 cm³/mol. The summed E-state index contributed by atoms with van der Waals surface area (Å²) >= 11 is 6.44. The van der Waals surface area contributed by atoms with Gasteiger partial charge in [0.1, 0.15) is 17.2 Å². The summed E-state index contributed by atoms with van der Waals surface area (Å²) in [4.78, 5) is 12.9. The SMILES string of the molecule is CC(Nc1c(Cl)cnc2ccc(-c3cnc(C(C)(C)O)nc3)cc12)c1ccc(F)cc1F. The van der Waals surface area contributed by atoms with Crippen LogP contribution in [0.4, 0.5) is 14.5 Å². The molecule has 4 aromatic rings. The van der Waals surface area contributed by atoms with Crippen LogP contribution in [-0.4, -0.2) is 20.1 Å². The molecule has 2 aromatic heterocycles. The van der Waals surface area contributed by atoms with Gasteiger partial charge in [0.05, 0.1) is 22.3 Å². The van der Waals surface area contributed by atoms with E-state index in [4.69, 9.17) is 11.6 Å². The van der Waals surface area contributed by atoms with E-state index in [1.165, 1.54) is 18.3 Å². The van der Waals surface area contributed by atoms with Gasteiger partial charge in [0.2, 0.25) is 0 Å². The molecule has 0 saturated carbocycles. The van der Waals surface area contributed by atoms with E-state index in [0.717, 1.165) is 22.6 Å². The van der Waals surface area contributed by atoms with Crippen molar-refractivity contribution in [3.8, 4) is 11.1 Å². The maximum atomic E-state index is 14.3. The van der Waals surface area contributed by atoms with Gasteiger partial charge >= 0.3 is 0 Å². The molecule has 2 N–H and O–H groups in total. The van der Waals surface area contributed by atoms with E-state index in [1.54, 1.807) is 33.2 Å². The molecule has 164 valence electrons. The molecule has 0 saturated heterocycles. The third kappa shape index (κ3) is 4.40. The van der Waals surface area contributed by atoms with E-state index in [-0.39, 0.29) is 0 Å². The van der Waals surface area contributed by atoms with E-state index in [9.17, 15) is 13.9 Å². The van der Waals surface area contributed by atoms with Gasteiger partial charge in [-0.2, -0.15) is 0 Å². The number of pyridine rings is 1. The van der Waals surface area contributed by atoms with E-state index in [0.29, 0.717) is 27.6 Å². The zero-order chi connectivity index (χ0) is 23.0. The quantitative estimate of drug-likeness (QED) is 0.385. The second-order valence-corrected chi connectivity index (χ2v) is 8.51. The normalized spacial score (nSPS) is 12.7. The Morgan fingerprint density at radius 2 is 1.69 bits per heavy atom. The first-order valence-electron chi connectivity index (χ1n) is 9.98. The minimum atomic E-state index is -1.14. The molecule has 8 heteroatoms. The van der Waals surface area contributed by atoms with Gasteiger partial charge in [-0.05, 0) is 44.5 Å². The molecule has 1 unspecified atom stereocenters. The highest BCUT2D eigenvalue weighted by Crippen LogP contribution is 2.35. The van der Waals surface area contributed by atoms with Gasteiger partial charge in [0.15, 0.2) is 5.82 Å². The smallest absolute Gasteiger partial charge is 0.159 e. The lowest BCUT2D eigenvalue weighted by atomic mass is 10.0. The van der Waals surface area contributed by atoms with E-state index in [1.807, 2.05) is 18.2 Å². The van der Waals surface area contributed by atoms with Crippen molar-refractivity contribution in [2.24, 2.45) is 0 Å². The molecular weight excluding hydrogens is 434 g/mol. The first-order chi connectivity index (χ1) is 15.1. The summed E-state index contributed by atoms with van der Waals surface area (Å²) in [6.07, 6.45) is 4.81. The Morgan fingerprint density at radius 3 is 2.34 bits per heavy atom. The van der Waals surface area contributed by atoms with Crippen LogP contribution in [0.25, 0.3) is 22.0 Å². The van der Waals surface area contributed by atoms with Crippen LogP contribution in [0.2, 0.25) is 5.02 Å². The molecule has 0 fully saturated rings. The van der Waals surface area contributed by atoms with Crippen molar-refractivity contribution in [2.75, 3.05) is 5.32 Å². The van der Waals surface area contributed by atoms with Crippen LogP contribution < -0.4 is 5.32 Å². The van der Waals surface area contributed by atoms with Crippen molar-refractivity contribution >= 4 is 28.2 Å². The molecule has 0 aliphatic rings. The summed E-state index contributed by atoms with van der Waals surface area (Å²) in [5.74, 6) is -0.943. The summed E-state index contributed by atoms with van der Waals surface area (Å²) < 4.78 is 27.6. The molecule has 0 aliphatic carbocycles. The second kappa shape index (κ2) is 8.41. The fourth-order valence-electron chi connectivity index (χ4n) is 3.43. The molecule has 2 heterocycles. The molecule has 4 rings (SSSR count). The standard InChI is InChI=1S/C24H21ClF2N4O/c1-13(17-6-5-16(26)9-20(17)27)31-22-18-8-14(4-7-21(18)28-12-19(22)25)15-10-29-23(30-11-15)24(2,3)32/h4-13,32H,1-3H3,(H,28,31). The summed E-state index contributed by atoms with van der Waals surface area (Å²) in [7, 11) is 0. The molecule has 1 atom stereocenters. The van der Waals surface area contributed by atoms with Crippen LogP contribution in [0.15, 0.2) is 55.0 Å². The van der Waals surface area contributed by atoms with Gasteiger partial charge in [-0.1, -0.05) is 23.7 Å².